The summed E-state index contributed by atoms with van der Waals surface area (Å²) in [6, 6.07) is 13.6. The molecule has 36 heavy (non-hydrogen) atoms. The Morgan fingerprint density at radius 1 is 0.944 bits per heavy atom. The molecule has 0 bridgehead atoms. The maximum atomic E-state index is 13.2. The first-order valence-electron chi connectivity index (χ1n) is 11.9. The summed E-state index contributed by atoms with van der Waals surface area (Å²) in [7, 11) is -3.91. The molecule has 10 nitrogen and oxygen atoms in total. The average Bonchev–Trinajstić information content (AvgIpc) is 2.86. The third-order valence-electron chi connectivity index (χ3n) is 5.38. The minimum Gasteiger partial charge on any atom is -0.494 e. The SMILES string of the molecule is CCOc1ccc(OCC)c(S(=O)(=O)Nc2ccc(Nc3cc(N4CCOCC4)nc(C)n3)cc2)c1. The maximum absolute atomic E-state index is 13.2. The van der Waals surface area contributed by atoms with Crippen LogP contribution >= 0.6 is 0 Å². The van der Waals surface area contributed by atoms with Gasteiger partial charge in [-0.05, 0) is 57.2 Å². The number of hydrogen-bond donors (Lipinski definition) is 2. The van der Waals surface area contributed by atoms with Gasteiger partial charge in [-0.2, -0.15) is 0 Å². The third-order valence-corrected chi connectivity index (χ3v) is 6.79. The van der Waals surface area contributed by atoms with Gasteiger partial charge in [0.25, 0.3) is 10.0 Å². The second-order valence-electron chi connectivity index (χ2n) is 8.04. The van der Waals surface area contributed by atoms with Crippen molar-refractivity contribution in [2.45, 2.75) is 25.7 Å². The molecule has 11 heteroatoms. The van der Waals surface area contributed by atoms with E-state index in [-0.39, 0.29) is 10.6 Å². The highest BCUT2D eigenvalue weighted by Crippen LogP contribution is 2.31. The van der Waals surface area contributed by atoms with Gasteiger partial charge >= 0.3 is 0 Å². The molecule has 4 rings (SSSR count). The predicted molar refractivity (Wildman–Crippen MR) is 139 cm³/mol. The molecule has 1 fully saturated rings. The minimum atomic E-state index is -3.91. The van der Waals surface area contributed by atoms with Crippen LogP contribution in [0.2, 0.25) is 0 Å². The van der Waals surface area contributed by atoms with E-state index in [1.165, 1.54) is 6.07 Å². The van der Waals surface area contributed by atoms with Crippen LogP contribution in [0.4, 0.5) is 23.0 Å². The number of benzene rings is 2. The Labute approximate surface area is 211 Å². The first-order valence-corrected chi connectivity index (χ1v) is 13.3. The van der Waals surface area contributed by atoms with Gasteiger partial charge < -0.3 is 24.4 Å². The van der Waals surface area contributed by atoms with Crippen molar-refractivity contribution in [2.75, 3.05) is 54.5 Å². The number of rotatable bonds is 10. The van der Waals surface area contributed by atoms with Crippen LogP contribution in [-0.2, 0) is 14.8 Å². The summed E-state index contributed by atoms with van der Waals surface area (Å²) in [6.07, 6.45) is 0. The van der Waals surface area contributed by atoms with Crippen molar-refractivity contribution in [1.82, 2.24) is 9.97 Å². The Bertz CT molecular complexity index is 1280. The Kier molecular flexibility index (Phi) is 8.11. The number of nitrogens with zero attached hydrogens (tertiary/aromatic N) is 3. The summed E-state index contributed by atoms with van der Waals surface area (Å²) in [6.45, 7) is 9.16. The summed E-state index contributed by atoms with van der Waals surface area (Å²) in [5.41, 5.74) is 1.18. The van der Waals surface area contributed by atoms with Gasteiger partial charge in [0.1, 0.15) is 33.9 Å². The highest BCUT2D eigenvalue weighted by molar-refractivity contribution is 7.92. The highest BCUT2D eigenvalue weighted by Gasteiger charge is 2.21. The average molecular weight is 514 g/mol. The van der Waals surface area contributed by atoms with E-state index >= 15 is 0 Å². The fourth-order valence-corrected chi connectivity index (χ4v) is 5.00. The van der Waals surface area contributed by atoms with Crippen LogP contribution < -0.4 is 24.4 Å². The molecular formula is C25H31N5O5S. The number of anilines is 4. The van der Waals surface area contributed by atoms with Crippen molar-refractivity contribution >= 4 is 33.0 Å². The lowest BCUT2D eigenvalue weighted by Crippen LogP contribution is -2.36. The molecule has 0 unspecified atom stereocenters. The van der Waals surface area contributed by atoms with Crippen molar-refractivity contribution in [3.63, 3.8) is 0 Å². The zero-order valence-corrected chi connectivity index (χ0v) is 21.5. The molecule has 2 heterocycles. The van der Waals surface area contributed by atoms with Crippen LogP contribution in [0.5, 0.6) is 11.5 Å². The van der Waals surface area contributed by atoms with E-state index in [0.29, 0.717) is 49.5 Å². The van der Waals surface area contributed by atoms with Gasteiger partial charge in [0, 0.05) is 36.6 Å². The van der Waals surface area contributed by atoms with Gasteiger partial charge in [-0.1, -0.05) is 0 Å². The molecule has 0 radical (unpaired) electrons. The Morgan fingerprint density at radius 3 is 2.33 bits per heavy atom. The van der Waals surface area contributed by atoms with Crippen molar-refractivity contribution < 1.29 is 22.6 Å². The standard InChI is InChI=1S/C25H31N5O5S/c1-4-34-21-10-11-22(35-5-2)23(16-21)36(31,32)29-20-8-6-19(7-9-20)28-24-17-25(27-18(3)26-24)30-12-14-33-15-13-30/h6-11,16-17,29H,4-5,12-15H2,1-3H3,(H,26,27,28). The Balaban J connectivity index is 1.49. The molecule has 0 spiro atoms. The lowest BCUT2D eigenvalue weighted by molar-refractivity contribution is 0.122. The van der Waals surface area contributed by atoms with Gasteiger partial charge in [0.15, 0.2) is 0 Å². The van der Waals surface area contributed by atoms with Gasteiger partial charge in [-0.3, -0.25) is 4.72 Å². The number of morpholine rings is 1. The normalized spacial score (nSPS) is 13.8. The van der Waals surface area contributed by atoms with Crippen LogP contribution in [0.15, 0.2) is 53.4 Å². The maximum Gasteiger partial charge on any atom is 0.265 e. The summed E-state index contributed by atoms with van der Waals surface area (Å²) in [5, 5.41) is 3.27. The van der Waals surface area contributed by atoms with Gasteiger partial charge in [-0.25, -0.2) is 18.4 Å². The first kappa shape index (κ1) is 25.5. The van der Waals surface area contributed by atoms with E-state index in [1.807, 2.05) is 19.9 Å². The largest absolute Gasteiger partial charge is 0.494 e. The predicted octanol–water partition coefficient (Wildman–Crippen LogP) is 3.96. The number of sulfonamides is 1. The number of hydrogen-bond acceptors (Lipinski definition) is 9. The quantitative estimate of drug-likeness (QED) is 0.416. The molecular weight excluding hydrogens is 482 g/mol. The van der Waals surface area contributed by atoms with Crippen LogP contribution in [0, 0.1) is 6.92 Å². The number of aromatic nitrogens is 2. The van der Waals surface area contributed by atoms with Crippen molar-refractivity contribution in [2.24, 2.45) is 0 Å². The molecule has 0 saturated carbocycles. The Hall–Kier alpha value is -3.57. The fraction of sp³-hybridized carbons (Fsp3) is 0.360. The first-order chi connectivity index (χ1) is 17.4. The summed E-state index contributed by atoms with van der Waals surface area (Å²) >= 11 is 0. The van der Waals surface area contributed by atoms with Crippen LogP contribution in [0.25, 0.3) is 0 Å². The van der Waals surface area contributed by atoms with Gasteiger partial charge in [-0.15, -0.1) is 0 Å². The van der Waals surface area contributed by atoms with Crippen LogP contribution in [0.3, 0.4) is 0 Å². The molecule has 1 saturated heterocycles. The molecule has 2 aromatic carbocycles. The monoisotopic (exact) mass is 513 g/mol. The number of nitrogens with one attached hydrogen (secondary N) is 2. The molecule has 2 N–H and O–H groups in total. The van der Waals surface area contributed by atoms with Crippen LogP contribution in [-0.4, -0.2) is 57.9 Å². The molecule has 0 atom stereocenters. The third kappa shape index (κ3) is 6.35. The summed E-state index contributed by atoms with van der Waals surface area (Å²) in [5.74, 6) is 2.88. The van der Waals surface area contributed by atoms with Gasteiger partial charge in [0.2, 0.25) is 0 Å². The van der Waals surface area contributed by atoms with E-state index < -0.39 is 10.0 Å². The summed E-state index contributed by atoms with van der Waals surface area (Å²) in [4.78, 5) is 11.2. The topological polar surface area (TPSA) is 115 Å². The molecule has 1 aliphatic heterocycles. The zero-order chi connectivity index (χ0) is 25.5. The fourth-order valence-electron chi connectivity index (χ4n) is 3.78. The lowest BCUT2D eigenvalue weighted by Gasteiger charge is -2.28. The van der Waals surface area contributed by atoms with E-state index in [9.17, 15) is 8.42 Å². The number of ether oxygens (including phenoxy) is 3. The molecule has 192 valence electrons. The Morgan fingerprint density at radius 2 is 1.64 bits per heavy atom. The molecule has 0 aliphatic carbocycles. The minimum absolute atomic E-state index is 0.0182. The van der Waals surface area contributed by atoms with E-state index in [2.05, 4.69) is 24.9 Å². The van der Waals surface area contributed by atoms with Crippen LogP contribution in [0.1, 0.15) is 19.7 Å². The van der Waals surface area contributed by atoms with E-state index in [1.54, 1.807) is 43.3 Å². The second-order valence-corrected chi connectivity index (χ2v) is 9.69. The summed E-state index contributed by atoms with van der Waals surface area (Å²) < 4.78 is 45.4. The van der Waals surface area contributed by atoms with E-state index in [0.717, 1.165) is 24.6 Å². The van der Waals surface area contributed by atoms with Crippen molar-refractivity contribution in [1.29, 1.82) is 0 Å². The van der Waals surface area contributed by atoms with E-state index in [4.69, 9.17) is 14.2 Å². The second kappa shape index (κ2) is 11.4. The molecule has 0 amide bonds. The van der Waals surface area contributed by atoms with Crippen molar-refractivity contribution in [3.05, 3.63) is 54.4 Å². The molecule has 3 aromatic rings. The number of aryl methyl sites for hydroxylation is 1. The highest BCUT2D eigenvalue weighted by atomic mass is 32.2. The lowest BCUT2D eigenvalue weighted by atomic mass is 10.3. The van der Waals surface area contributed by atoms with Crippen molar-refractivity contribution in [3.8, 4) is 11.5 Å². The molecule has 1 aliphatic rings. The zero-order valence-electron chi connectivity index (χ0n) is 20.7. The van der Waals surface area contributed by atoms with Gasteiger partial charge in [0.05, 0.1) is 26.4 Å². The molecule has 1 aromatic heterocycles. The smallest absolute Gasteiger partial charge is 0.265 e.